The number of aliphatic hydroxyl groups excluding tert-OH is 4. The lowest BCUT2D eigenvalue weighted by molar-refractivity contribution is 0.0780. The van der Waals surface area contributed by atoms with Crippen molar-refractivity contribution >= 4 is 15.8 Å². The van der Waals surface area contributed by atoms with Crippen molar-refractivity contribution in [3.63, 3.8) is 0 Å². The van der Waals surface area contributed by atoms with E-state index in [0.29, 0.717) is 0 Å². The lowest BCUT2D eigenvalue weighted by Gasteiger charge is -2.45. The van der Waals surface area contributed by atoms with Crippen LogP contribution in [0.25, 0.3) is 0 Å². The van der Waals surface area contributed by atoms with Crippen LogP contribution in [-0.4, -0.2) is 56.1 Å². The molecule has 4 atom stereocenters. The largest absolute Gasteiger partial charge is 0.385 e. The first kappa shape index (κ1) is 24.7. The smallest absolute Gasteiger partial charge is 0.105 e. The van der Waals surface area contributed by atoms with Crippen molar-refractivity contribution in [3.8, 4) is 0 Å². The number of hydrogen-bond donors (Lipinski definition) is 4. The van der Waals surface area contributed by atoms with Crippen LogP contribution < -0.4 is 0 Å². The molecule has 156 valence electrons. The third kappa shape index (κ3) is 8.38. The van der Waals surface area contributed by atoms with Gasteiger partial charge in [-0.2, -0.15) is 0 Å². The van der Waals surface area contributed by atoms with Gasteiger partial charge in [-0.25, -0.2) is 0 Å². The highest BCUT2D eigenvalue weighted by molar-refractivity contribution is 7.66. The SMILES string of the molecule is CCCCCCCCP1C(O)C(O)P(CCCCCCCC)C(O)C1O. The molecule has 1 saturated heterocycles. The second kappa shape index (κ2) is 14.7. The van der Waals surface area contributed by atoms with Crippen LogP contribution in [0.4, 0.5) is 0 Å². The minimum absolute atomic E-state index is 0.748. The summed E-state index contributed by atoms with van der Waals surface area (Å²) in [5.74, 6) is -3.31. The van der Waals surface area contributed by atoms with Crippen molar-refractivity contribution in [1.29, 1.82) is 0 Å². The van der Waals surface area contributed by atoms with Crippen LogP contribution in [0.15, 0.2) is 0 Å². The first-order valence-electron chi connectivity index (χ1n) is 10.8. The second-order valence-corrected chi connectivity index (χ2v) is 12.7. The zero-order valence-corrected chi connectivity index (χ0v) is 18.7. The summed E-state index contributed by atoms with van der Waals surface area (Å²) < 4.78 is 0. The predicted octanol–water partition coefficient (Wildman–Crippen LogP) is 4.96. The summed E-state index contributed by atoms with van der Waals surface area (Å²) in [5.41, 5.74) is 0. The molecule has 0 aromatic carbocycles. The summed E-state index contributed by atoms with van der Waals surface area (Å²) in [4.78, 5) is 0. The molecule has 1 aliphatic rings. The summed E-state index contributed by atoms with van der Waals surface area (Å²) in [7, 11) is -2.25. The van der Waals surface area contributed by atoms with Crippen molar-refractivity contribution < 1.29 is 20.4 Å². The molecule has 0 aliphatic carbocycles. The zero-order chi connectivity index (χ0) is 19.4. The van der Waals surface area contributed by atoms with Crippen LogP contribution in [-0.2, 0) is 0 Å². The van der Waals surface area contributed by atoms with Gasteiger partial charge in [-0.3, -0.25) is 0 Å². The molecule has 1 rings (SSSR count). The molecule has 6 heteroatoms. The van der Waals surface area contributed by atoms with E-state index in [1.54, 1.807) is 0 Å². The Labute approximate surface area is 163 Å². The Kier molecular flexibility index (Phi) is 14.0. The monoisotopic (exact) mass is 408 g/mol. The van der Waals surface area contributed by atoms with Gasteiger partial charge in [0.05, 0.1) is 0 Å². The van der Waals surface area contributed by atoms with Crippen molar-refractivity contribution in [2.75, 3.05) is 12.3 Å². The summed E-state index contributed by atoms with van der Waals surface area (Å²) in [5, 5.41) is 42.1. The van der Waals surface area contributed by atoms with E-state index in [0.717, 1.165) is 38.0 Å². The molecule has 1 fully saturated rings. The number of rotatable bonds is 14. The zero-order valence-electron chi connectivity index (χ0n) is 16.9. The van der Waals surface area contributed by atoms with Gasteiger partial charge in [0.1, 0.15) is 23.4 Å². The standard InChI is InChI=1S/C20H42O4P2/c1-3-5-7-9-11-13-15-25-17(21)19(23)26(20(24)18(25)22)16-14-12-10-8-6-4-2/h17-24H,3-16H2,1-2H3. The molecule has 0 amide bonds. The third-order valence-electron chi connectivity index (χ3n) is 5.43. The van der Waals surface area contributed by atoms with Crippen LogP contribution in [0.5, 0.6) is 0 Å². The van der Waals surface area contributed by atoms with Crippen molar-refractivity contribution in [2.24, 2.45) is 0 Å². The Bertz CT molecular complexity index is 298. The fourth-order valence-corrected chi connectivity index (χ4v) is 9.96. The molecule has 4 unspecified atom stereocenters. The molecule has 0 saturated carbocycles. The van der Waals surface area contributed by atoms with Gasteiger partial charge in [0.2, 0.25) is 0 Å². The molecule has 1 aliphatic heterocycles. The highest BCUT2D eigenvalue weighted by Gasteiger charge is 2.47. The summed E-state index contributed by atoms with van der Waals surface area (Å²) >= 11 is 0. The van der Waals surface area contributed by atoms with Crippen molar-refractivity contribution in [2.45, 2.75) is 114 Å². The molecular formula is C20H42O4P2. The Morgan fingerprint density at radius 2 is 0.731 bits per heavy atom. The third-order valence-corrected chi connectivity index (χ3v) is 11.4. The topological polar surface area (TPSA) is 80.9 Å². The lowest BCUT2D eigenvalue weighted by Crippen LogP contribution is -2.41. The van der Waals surface area contributed by atoms with E-state index in [1.165, 1.54) is 51.4 Å². The fourth-order valence-electron chi connectivity index (χ4n) is 3.68. The molecule has 0 spiro atoms. The molecule has 1 heterocycles. The highest BCUT2D eigenvalue weighted by atomic mass is 31.1. The quantitative estimate of drug-likeness (QED) is 0.242. The second-order valence-electron chi connectivity index (χ2n) is 7.67. The molecule has 4 nitrogen and oxygen atoms in total. The average Bonchev–Trinajstić information content (AvgIpc) is 2.64. The van der Waals surface area contributed by atoms with Gasteiger partial charge < -0.3 is 20.4 Å². The molecule has 26 heavy (non-hydrogen) atoms. The number of unbranched alkanes of at least 4 members (excludes halogenated alkanes) is 10. The van der Waals surface area contributed by atoms with Gasteiger partial charge >= 0.3 is 0 Å². The molecule has 4 N–H and O–H groups in total. The van der Waals surface area contributed by atoms with Gasteiger partial charge in [-0.1, -0.05) is 78.1 Å². The highest BCUT2D eigenvalue weighted by Crippen LogP contribution is 2.64. The molecule has 0 radical (unpaired) electrons. The first-order chi connectivity index (χ1) is 12.5. The maximum Gasteiger partial charge on any atom is 0.105 e. The minimum Gasteiger partial charge on any atom is -0.385 e. The maximum atomic E-state index is 10.5. The summed E-state index contributed by atoms with van der Waals surface area (Å²) in [6.45, 7) is 4.40. The summed E-state index contributed by atoms with van der Waals surface area (Å²) in [6.07, 6.45) is 15.5. The Balaban J connectivity index is 2.36. The lowest BCUT2D eigenvalue weighted by atomic mass is 10.1. The predicted molar refractivity (Wildman–Crippen MR) is 114 cm³/mol. The van der Waals surface area contributed by atoms with Crippen molar-refractivity contribution in [1.82, 2.24) is 0 Å². The van der Waals surface area contributed by atoms with Gasteiger partial charge in [-0.05, 0) is 41.0 Å². The minimum atomic E-state index is -1.12. The van der Waals surface area contributed by atoms with E-state index in [9.17, 15) is 20.4 Å². The number of aliphatic hydroxyl groups is 4. The van der Waals surface area contributed by atoms with Crippen LogP contribution >= 0.6 is 15.8 Å². The summed E-state index contributed by atoms with van der Waals surface area (Å²) in [6, 6.07) is 0. The average molecular weight is 409 g/mol. The van der Waals surface area contributed by atoms with E-state index in [1.807, 2.05) is 0 Å². The van der Waals surface area contributed by atoms with Crippen LogP contribution in [0.3, 0.4) is 0 Å². The van der Waals surface area contributed by atoms with Gasteiger partial charge in [0.15, 0.2) is 0 Å². The number of hydrogen-bond acceptors (Lipinski definition) is 4. The van der Waals surface area contributed by atoms with E-state index in [2.05, 4.69) is 13.8 Å². The van der Waals surface area contributed by atoms with Crippen LogP contribution in [0, 0.1) is 0 Å². The Morgan fingerprint density at radius 1 is 0.462 bits per heavy atom. The molecule has 0 aromatic heterocycles. The van der Waals surface area contributed by atoms with E-state index in [-0.39, 0.29) is 0 Å². The van der Waals surface area contributed by atoms with Crippen LogP contribution in [0.2, 0.25) is 0 Å². The molecule has 0 aromatic rings. The van der Waals surface area contributed by atoms with E-state index in [4.69, 9.17) is 0 Å². The Morgan fingerprint density at radius 3 is 1.04 bits per heavy atom. The van der Waals surface area contributed by atoms with Gasteiger partial charge in [0, 0.05) is 0 Å². The van der Waals surface area contributed by atoms with Crippen LogP contribution in [0.1, 0.15) is 90.9 Å². The molecule has 0 bridgehead atoms. The van der Waals surface area contributed by atoms with Gasteiger partial charge in [-0.15, -0.1) is 0 Å². The Hall–Kier alpha value is 0.700. The van der Waals surface area contributed by atoms with E-state index < -0.39 is 39.2 Å². The first-order valence-corrected chi connectivity index (χ1v) is 14.1. The molecular weight excluding hydrogens is 366 g/mol. The normalized spacial score (nSPS) is 32.1. The maximum absolute atomic E-state index is 10.5. The van der Waals surface area contributed by atoms with Gasteiger partial charge in [0.25, 0.3) is 0 Å². The fraction of sp³-hybridized carbons (Fsp3) is 1.00. The van der Waals surface area contributed by atoms with Crippen molar-refractivity contribution in [3.05, 3.63) is 0 Å². The van der Waals surface area contributed by atoms with E-state index >= 15 is 0 Å².